The normalized spacial score (nSPS) is 25.7. The summed E-state index contributed by atoms with van der Waals surface area (Å²) in [6.45, 7) is 2.80. The van der Waals surface area contributed by atoms with Gasteiger partial charge >= 0.3 is 5.97 Å². The van der Waals surface area contributed by atoms with Crippen LogP contribution in [0.15, 0.2) is 61.2 Å². The Kier molecular flexibility index (Phi) is 7.49. The first-order chi connectivity index (χ1) is 18.3. The maximum atomic E-state index is 15.4. The molecule has 2 aliphatic rings. The molecule has 38 heavy (non-hydrogen) atoms. The lowest BCUT2D eigenvalue weighted by molar-refractivity contribution is -0.147. The van der Waals surface area contributed by atoms with Gasteiger partial charge in [0.2, 0.25) is 10.0 Å². The minimum atomic E-state index is -3.67. The predicted molar refractivity (Wildman–Crippen MR) is 140 cm³/mol. The zero-order valence-electron chi connectivity index (χ0n) is 21.5. The summed E-state index contributed by atoms with van der Waals surface area (Å²) in [5.74, 6) is -1.29. The van der Waals surface area contributed by atoms with Crippen molar-refractivity contribution in [3.8, 4) is 0 Å². The van der Waals surface area contributed by atoms with Crippen molar-refractivity contribution < 1.29 is 22.3 Å². The molecule has 202 valence electrons. The number of hydrogen-bond acceptors (Lipinski definition) is 7. The molecule has 0 radical (unpaired) electrons. The number of methoxy groups -OCH3 is 1. The summed E-state index contributed by atoms with van der Waals surface area (Å²) in [7, 11) is -2.31. The van der Waals surface area contributed by atoms with Gasteiger partial charge in [0.15, 0.2) is 0 Å². The number of esters is 1. The van der Waals surface area contributed by atoms with Gasteiger partial charge in [0.25, 0.3) is 0 Å². The van der Waals surface area contributed by atoms with Crippen LogP contribution >= 0.6 is 0 Å². The number of carbonyl (C=O) groups excluding carboxylic acids is 1. The number of sulfonamides is 1. The van der Waals surface area contributed by atoms with Crippen molar-refractivity contribution in [3.63, 3.8) is 0 Å². The average Bonchev–Trinajstić information content (AvgIpc) is 3.46. The number of halogens is 1. The number of nitrogens with zero attached hydrogens (tertiary/aromatic N) is 5. The van der Waals surface area contributed by atoms with Gasteiger partial charge in [-0.05, 0) is 43.9 Å². The van der Waals surface area contributed by atoms with E-state index in [1.54, 1.807) is 24.8 Å². The summed E-state index contributed by atoms with van der Waals surface area (Å²) in [6, 6.07) is 13.7. The van der Waals surface area contributed by atoms with E-state index in [-0.39, 0.29) is 24.6 Å². The Bertz CT molecular complexity index is 1370. The standard InChI is InChI=1S/C27H32FN5O4S/c1-19-8-11-26(20-6-4-3-5-7-20)38(35,36)33(19)15-21-9-10-22(14-24(21)28)31-13-12-25(32-17-29-30-18-32)23(16-31)27(34)37-2/h3-7,9-10,14,17-19,23,25-26H,8,11-13,15-16H2,1-2H3/t19-,23-,25+,26?/m0/s1. The Morgan fingerprint density at radius 2 is 1.82 bits per heavy atom. The van der Waals surface area contributed by atoms with Crippen LogP contribution in [-0.4, -0.2) is 59.7 Å². The summed E-state index contributed by atoms with van der Waals surface area (Å²) in [5, 5.41) is 7.07. The maximum Gasteiger partial charge on any atom is 0.312 e. The molecule has 2 saturated heterocycles. The van der Waals surface area contributed by atoms with E-state index in [0.717, 1.165) is 5.56 Å². The molecule has 0 amide bonds. The van der Waals surface area contributed by atoms with E-state index < -0.39 is 27.0 Å². The molecular weight excluding hydrogens is 509 g/mol. The highest BCUT2D eigenvalue weighted by molar-refractivity contribution is 7.89. The van der Waals surface area contributed by atoms with Gasteiger partial charge in [-0.2, -0.15) is 4.31 Å². The van der Waals surface area contributed by atoms with Crippen LogP contribution in [0, 0.1) is 11.7 Å². The van der Waals surface area contributed by atoms with Crippen LogP contribution in [0.1, 0.15) is 48.6 Å². The van der Waals surface area contributed by atoms with Crippen molar-refractivity contribution in [2.75, 3.05) is 25.1 Å². The van der Waals surface area contributed by atoms with Crippen LogP contribution in [0.3, 0.4) is 0 Å². The molecular formula is C27H32FN5O4S. The highest BCUT2D eigenvalue weighted by Gasteiger charge is 2.41. The highest BCUT2D eigenvalue weighted by atomic mass is 32.2. The fourth-order valence-electron chi connectivity index (χ4n) is 5.67. The van der Waals surface area contributed by atoms with Crippen molar-refractivity contribution >= 4 is 21.7 Å². The molecule has 0 spiro atoms. The van der Waals surface area contributed by atoms with Crippen LogP contribution < -0.4 is 4.90 Å². The second-order valence-corrected chi connectivity index (χ2v) is 12.1. The van der Waals surface area contributed by atoms with Crippen molar-refractivity contribution in [2.24, 2.45) is 5.92 Å². The van der Waals surface area contributed by atoms with Crippen molar-refractivity contribution in [1.29, 1.82) is 0 Å². The third-order valence-corrected chi connectivity index (χ3v) is 10.2. The lowest BCUT2D eigenvalue weighted by Gasteiger charge is -2.39. The minimum absolute atomic E-state index is 0.0283. The second-order valence-electron chi connectivity index (χ2n) is 10.0. The number of carbonyl (C=O) groups is 1. The van der Waals surface area contributed by atoms with E-state index in [1.807, 2.05) is 46.7 Å². The Balaban J connectivity index is 1.34. The molecule has 2 aliphatic heterocycles. The molecule has 2 fully saturated rings. The third kappa shape index (κ3) is 5.04. The molecule has 2 aromatic carbocycles. The number of piperidine rings is 1. The van der Waals surface area contributed by atoms with Crippen molar-refractivity contribution in [1.82, 2.24) is 19.1 Å². The van der Waals surface area contributed by atoms with Crippen LogP contribution in [0.4, 0.5) is 10.1 Å². The average molecular weight is 542 g/mol. The fraction of sp³-hybridized carbons (Fsp3) is 0.444. The minimum Gasteiger partial charge on any atom is -0.469 e. The smallest absolute Gasteiger partial charge is 0.312 e. The summed E-state index contributed by atoms with van der Waals surface area (Å²) in [4.78, 5) is 14.5. The number of anilines is 1. The summed E-state index contributed by atoms with van der Waals surface area (Å²) < 4.78 is 50.8. The molecule has 0 aliphatic carbocycles. The number of ether oxygens (including phenoxy) is 1. The molecule has 11 heteroatoms. The van der Waals surface area contributed by atoms with Gasteiger partial charge in [-0.15, -0.1) is 10.2 Å². The lowest BCUT2D eigenvalue weighted by Crippen LogP contribution is -2.45. The van der Waals surface area contributed by atoms with E-state index >= 15 is 4.39 Å². The van der Waals surface area contributed by atoms with Crippen LogP contribution in [0.2, 0.25) is 0 Å². The first-order valence-electron chi connectivity index (χ1n) is 12.8. The zero-order chi connectivity index (χ0) is 26.9. The summed E-state index contributed by atoms with van der Waals surface area (Å²) in [5.41, 5.74) is 1.72. The first-order valence-corrected chi connectivity index (χ1v) is 14.3. The first kappa shape index (κ1) is 26.3. The fourth-order valence-corrected chi connectivity index (χ4v) is 7.86. The van der Waals surface area contributed by atoms with Crippen molar-refractivity contribution in [3.05, 3.63) is 78.1 Å². The SMILES string of the molecule is COC(=O)[C@H]1CN(c2ccc(CN3[C@@H](C)CCC(c4ccccc4)S3(=O)=O)c(F)c2)CC[C@H]1n1cnnc1. The Morgan fingerprint density at radius 1 is 1.08 bits per heavy atom. The Morgan fingerprint density at radius 3 is 2.50 bits per heavy atom. The molecule has 5 rings (SSSR count). The number of hydrogen-bond donors (Lipinski definition) is 0. The van der Waals surface area contributed by atoms with Gasteiger partial charge < -0.3 is 14.2 Å². The van der Waals surface area contributed by atoms with E-state index in [1.165, 1.54) is 17.5 Å². The summed E-state index contributed by atoms with van der Waals surface area (Å²) >= 11 is 0. The molecule has 0 N–H and O–H groups in total. The van der Waals surface area contributed by atoms with Crippen molar-refractivity contribution in [2.45, 2.75) is 50.1 Å². The summed E-state index contributed by atoms with van der Waals surface area (Å²) in [6.07, 6.45) is 5.05. The van der Waals surface area contributed by atoms with Crippen LogP contribution in [0.5, 0.6) is 0 Å². The van der Waals surface area contributed by atoms with Gasteiger partial charge in [-0.25, -0.2) is 12.8 Å². The second kappa shape index (κ2) is 10.8. The number of aromatic nitrogens is 3. The molecule has 3 aromatic rings. The highest BCUT2D eigenvalue weighted by Crippen LogP contribution is 2.39. The van der Waals surface area contributed by atoms with Gasteiger partial charge in [0.05, 0.1) is 19.1 Å². The van der Waals surface area contributed by atoms with Crippen LogP contribution in [-0.2, 0) is 26.1 Å². The number of rotatable bonds is 6. The third-order valence-electron chi connectivity index (χ3n) is 7.82. The van der Waals surface area contributed by atoms with E-state index in [0.29, 0.717) is 43.6 Å². The zero-order valence-corrected chi connectivity index (χ0v) is 22.3. The Hall–Kier alpha value is -3.31. The molecule has 1 aromatic heterocycles. The van der Waals surface area contributed by atoms with Crippen LogP contribution in [0.25, 0.3) is 0 Å². The van der Waals surface area contributed by atoms with E-state index in [2.05, 4.69) is 10.2 Å². The van der Waals surface area contributed by atoms with Gasteiger partial charge in [-0.3, -0.25) is 4.79 Å². The monoisotopic (exact) mass is 541 g/mol. The van der Waals surface area contributed by atoms with Gasteiger partial charge in [0.1, 0.15) is 23.7 Å². The number of benzene rings is 2. The topological polar surface area (TPSA) is 97.6 Å². The van der Waals surface area contributed by atoms with E-state index in [9.17, 15) is 13.2 Å². The largest absolute Gasteiger partial charge is 0.469 e. The maximum absolute atomic E-state index is 15.4. The van der Waals surface area contributed by atoms with E-state index in [4.69, 9.17) is 4.74 Å². The predicted octanol–water partition coefficient (Wildman–Crippen LogP) is 3.71. The quantitative estimate of drug-likeness (QED) is 0.439. The van der Waals surface area contributed by atoms with Gasteiger partial charge in [-0.1, -0.05) is 36.4 Å². The molecule has 9 nitrogen and oxygen atoms in total. The molecule has 3 heterocycles. The lowest BCUT2D eigenvalue weighted by atomic mass is 9.91. The Labute approximate surface area is 222 Å². The molecule has 1 unspecified atom stereocenters. The molecule has 4 atom stereocenters. The van der Waals surface area contributed by atoms with Gasteiger partial charge in [0, 0.05) is 36.9 Å². The molecule has 0 saturated carbocycles. The molecule has 0 bridgehead atoms.